The van der Waals surface area contributed by atoms with E-state index in [2.05, 4.69) is 74.6 Å². The van der Waals surface area contributed by atoms with Crippen LogP contribution in [0.3, 0.4) is 0 Å². The zero-order valence-electron chi connectivity index (χ0n) is 14.5. The molecule has 0 radical (unpaired) electrons. The molecule has 0 fully saturated rings. The van der Waals surface area contributed by atoms with Crippen LogP contribution in [0.1, 0.15) is 44.1 Å². The number of anilines is 2. The molecule has 2 heteroatoms. The molecule has 4 rings (SSSR count). The number of aryl methyl sites for hydroxylation is 1. The van der Waals surface area contributed by atoms with Crippen molar-refractivity contribution in [2.45, 2.75) is 39.0 Å². The van der Waals surface area contributed by atoms with Crippen molar-refractivity contribution in [1.29, 1.82) is 0 Å². The lowest BCUT2D eigenvalue weighted by Gasteiger charge is -2.19. The summed E-state index contributed by atoms with van der Waals surface area (Å²) in [7, 11) is 0. The third kappa shape index (κ3) is 2.62. The Balaban J connectivity index is 1.72. The SMILES string of the molecule is CC(C)(C)c1ccc(Nc2cccc3oc4c(c23)CCC=C4)cc1. The molecular formula is C22H23NO. The second kappa shape index (κ2) is 5.55. The Labute approximate surface area is 143 Å². The number of rotatable bonds is 2. The average Bonchev–Trinajstić information content (AvgIpc) is 2.94. The summed E-state index contributed by atoms with van der Waals surface area (Å²) in [5, 5.41) is 4.80. The highest BCUT2D eigenvalue weighted by molar-refractivity contribution is 5.97. The highest BCUT2D eigenvalue weighted by Crippen LogP contribution is 2.37. The lowest BCUT2D eigenvalue weighted by atomic mass is 9.87. The van der Waals surface area contributed by atoms with Gasteiger partial charge in [0.2, 0.25) is 0 Å². The highest BCUT2D eigenvalue weighted by atomic mass is 16.3. The fourth-order valence-electron chi connectivity index (χ4n) is 3.34. The Bertz CT molecular complexity index is 908. The number of nitrogens with one attached hydrogen (secondary N) is 1. The lowest BCUT2D eigenvalue weighted by Crippen LogP contribution is -2.10. The Morgan fingerprint density at radius 2 is 1.79 bits per heavy atom. The van der Waals surface area contributed by atoms with E-state index >= 15 is 0 Å². The number of hydrogen-bond donors (Lipinski definition) is 1. The van der Waals surface area contributed by atoms with Crippen LogP contribution in [0.25, 0.3) is 17.0 Å². The topological polar surface area (TPSA) is 25.2 Å². The molecule has 1 heterocycles. The van der Waals surface area contributed by atoms with Crippen LogP contribution < -0.4 is 5.32 Å². The zero-order chi connectivity index (χ0) is 16.7. The van der Waals surface area contributed by atoms with Crippen molar-refractivity contribution < 1.29 is 4.42 Å². The summed E-state index contributed by atoms with van der Waals surface area (Å²) < 4.78 is 6.01. The van der Waals surface area contributed by atoms with E-state index in [-0.39, 0.29) is 5.41 Å². The van der Waals surface area contributed by atoms with Gasteiger partial charge in [0, 0.05) is 22.3 Å². The molecule has 0 saturated heterocycles. The Hall–Kier alpha value is -2.48. The fraction of sp³-hybridized carbons (Fsp3) is 0.273. The summed E-state index contributed by atoms with van der Waals surface area (Å²) >= 11 is 0. The fourth-order valence-corrected chi connectivity index (χ4v) is 3.34. The molecule has 0 bridgehead atoms. The molecule has 0 saturated carbocycles. The van der Waals surface area contributed by atoms with Gasteiger partial charge in [-0.2, -0.15) is 0 Å². The molecule has 0 spiro atoms. The van der Waals surface area contributed by atoms with Crippen molar-refractivity contribution in [1.82, 2.24) is 0 Å². The normalized spacial score (nSPS) is 14.0. The summed E-state index contributed by atoms with van der Waals surface area (Å²) in [5.41, 5.74) is 6.03. The third-order valence-electron chi connectivity index (χ3n) is 4.71. The van der Waals surface area contributed by atoms with Gasteiger partial charge in [0.25, 0.3) is 0 Å². The lowest BCUT2D eigenvalue weighted by molar-refractivity contribution is 0.590. The van der Waals surface area contributed by atoms with Crippen LogP contribution in [0.4, 0.5) is 11.4 Å². The predicted octanol–water partition coefficient (Wildman–Crippen LogP) is 6.43. The van der Waals surface area contributed by atoms with Crippen molar-refractivity contribution in [3.8, 4) is 0 Å². The van der Waals surface area contributed by atoms with Gasteiger partial charge in [0.1, 0.15) is 11.3 Å². The van der Waals surface area contributed by atoms with E-state index in [9.17, 15) is 0 Å². The summed E-state index contributed by atoms with van der Waals surface area (Å²) in [6.07, 6.45) is 6.40. The molecule has 2 aromatic carbocycles. The van der Waals surface area contributed by atoms with Gasteiger partial charge in [0.05, 0.1) is 0 Å². The number of benzene rings is 2. The molecule has 1 aromatic heterocycles. The first-order valence-corrected chi connectivity index (χ1v) is 8.61. The summed E-state index contributed by atoms with van der Waals surface area (Å²) in [4.78, 5) is 0. The van der Waals surface area contributed by atoms with Crippen LogP contribution >= 0.6 is 0 Å². The largest absolute Gasteiger partial charge is 0.456 e. The number of fused-ring (bicyclic) bond motifs is 3. The maximum atomic E-state index is 6.01. The first kappa shape index (κ1) is 15.1. The van der Waals surface area contributed by atoms with E-state index < -0.39 is 0 Å². The number of allylic oxidation sites excluding steroid dienone is 1. The predicted molar refractivity (Wildman–Crippen MR) is 102 cm³/mol. The third-order valence-corrected chi connectivity index (χ3v) is 4.71. The number of furan rings is 1. The highest BCUT2D eigenvalue weighted by Gasteiger charge is 2.17. The van der Waals surface area contributed by atoms with Crippen LogP contribution in [0, 0.1) is 0 Å². The maximum Gasteiger partial charge on any atom is 0.137 e. The van der Waals surface area contributed by atoms with Gasteiger partial charge in [0.15, 0.2) is 0 Å². The van der Waals surface area contributed by atoms with Crippen LogP contribution in [-0.4, -0.2) is 0 Å². The van der Waals surface area contributed by atoms with Crippen LogP contribution in [-0.2, 0) is 11.8 Å². The second-order valence-electron chi connectivity index (χ2n) is 7.52. The second-order valence-corrected chi connectivity index (χ2v) is 7.52. The van der Waals surface area contributed by atoms with E-state index in [0.717, 1.165) is 35.6 Å². The van der Waals surface area contributed by atoms with Crippen LogP contribution in [0.2, 0.25) is 0 Å². The van der Waals surface area contributed by atoms with Crippen molar-refractivity contribution >= 4 is 28.4 Å². The van der Waals surface area contributed by atoms with E-state index in [1.165, 1.54) is 16.5 Å². The van der Waals surface area contributed by atoms with E-state index in [1.54, 1.807) is 0 Å². The van der Waals surface area contributed by atoms with Crippen LogP contribution in [0.15, 0.2) is 53.0 Å². The van der Waals surface area contributed by atoms with Crippen molar-refractivity contribution in [2.24, 2.45) is 0 Å². The Morgan fingerprint density at radius 1 is 1.00 bits per heavy atom. The van der Waals surface area contributed by atoms with Gasteiger partial charge in [-0.05, 0) is 54.2 Å². The minimum absolute atomic E-state index is 0.175. The van der Waals surface area contributed by atoms with Crippen molar-refractivity contribution in [3.63, 3.8) is 0 Å². The Morgan fingerprint density at radius 3 is 2.54 bits per heavy atom. The minimum Gasteiger partial charge on any atom is -0.456 e. The Kier molecular flexibility index (Phi) is 3.49. The van der Waals surface area contributed by atoms with E-state index in [0.29, 0.717) is 0 Å². The van der Waals surface area contributed by atoms with Crippen molar-refractivity contribution in [2.75, 3.05) is 5.32 Å². The zero-order valence-corrected chi connectivity index (χ0v) is 14.5. The molecule has 0 atom stereocenters. The van der Waals surface area contributed by atoms with Gasteiger partial charge in [-0.3, -0.25) is 0 Å². The monoisotopic (exact) mass is 317 g/mol. The standard InChI is InChI=1S/C22H23NO/c1-22(2,3)15-11-13-16(14-12-15)23-18-8-6-10-20-21(18)17-7-4-5-9-19(17)24-20/h5-6,8-14,23H,4,7H2,1-3H3. The smallest absolute Gasteiger partial charge is 0.137 e. The molecule has 0 amide bonds. The molecule has 24 heavy (non-hydrogen) atoms. The average molecular weight is 317 g/mol. The molecule has 1 aliphatic carbocycles. The van der Waals surface area contributed by atoms with Gasteiger partial charge >= 0.3 is 0 Å². The molecule has 0 unspecified atom stereocenters. The molecule has 1 N–H and O–H groups in total. The van der Waals surface area contributed by atoms with E-state index in [1.807, 2.05) is 6.07 Å². The first-order valence-electron chi connectivity index (χ1n) is 8.61. The summed E-state index contributed by atoms with van der Waals surface area (Å²) in [6, 6.07) is 15.0. The van der Waals surface area contributed by atoms with Crippen LogP contribution in [0.5, 0.6) is 0 Å². The van der Waals surface area contributed by atoms with Gasteiger partial charge in [-0.25, -0.2) is 0 Å². The quantitative estimate of drug-likeness (QED) is 0.589. The minimum atomic E-state index is 0.175. The van der Waals surface area contributed by atoms with Gasteiger partial charge in [-0.1, -0.05) is 45.0 Å². The molecule has 2 nitrogen and oxygen atoms in total. The molecule has 3 aromatic rings. The molecular weight excluding hydrogens is 294 g/mol. The molecule has 1 aliphatic rings. The molecule has 0 aliphatic heterocycles. The van der Waals surface area contributed by atoms with E-state index in [4.69, 9.17) is 4.42 Å². The molecule has 122 valence electrons. The van der Waals surface area contributed by atoms with Gasteiger partial charge in [-0.15, -0.1) is 0 Å². The summed E-state index contributed by atoms with van der Waals surface area (Å²) in [5.74, 6) is 1.01. The first-order chi connectivity index (χ1) is 11.5. The summed E-state index contributed by atoms with van der Waals surface area (Å²) in [6.45, 7) is 6.71. The number of hydrogen-bond acceptors (Lipinski definition) is 2. The maximum absolute atomic E-state index is 6.01. The van der Waals surface area contributed by atoms with Gasteiger partial charge < -0.3 is 9.73 Å². The van der Waals surface area contributed by atoms with Crippen molar-refractivity contribution in [3.05, 3.63) is 65.4 Å².